The van der Waals surface area contributed by atoms with Gasteiger partial charge in [0.25, 0.3) is 5.91 Å². The number of aryl methyl sites for hydroxylation is 2. The second-order valence-corrected chi connectivity index (χ2v) is 4.43. The van der Waals surface area contributed by atoms with Crippen molar-refractivity contribution in [3.63, 3.8) is 0 Å². The molecule has 5 nitrogen and oxygen atoms in total. The Bertz CT molecular complexity index is 401. The smallest absolute Gasteiger partial charge is 0.307 e. The Hall–Kier alpha value is -1.43. The number of ether oxygens (including phenoxy) is 1. The molecule has 1 rings (SSSR count). The summed E-state index contributed by atoms with van der Waals surface area (Å²) >= 11 is 1.35. The van der Waals surface area contributed by atoms with Gasteiger partial charge < -0.3 is 10.1 Å². The van der Waals surface area contributed by atoms with Crippen LogP contribution in [0.15, 0.2) is 0 Å². The Balaban J connectivity index is 2.47. The van der Waals surface area contributed by atoms with E-state index in [9.17, 15) is 9.59 Å². The topological polar surface area (TPSA) is 68.3 Å². The molecule has 0 fully saturated rings. The fourth-order valence-electron chi connectivity index (χ4n) is 1.20. The van der Waals surface area contributed by atoms with Gasteiger partial charge in [0.1, 0.15) is 4.88 Å². The van der Waals surface area contributed by atoms with Crippen molar-refractivity contribution in [2.45, 2.75) is 20.3 Å². The number of esters is 1. The molecule has 1 heterocycles. The molecule has 0 aliphatic rings. The third-order valence-corrected chi connectivity index (χ3v) is 3.02. The Morgan fingerprint density at radius 2 is 2.12 bits per heavy atom. The minimum atomic E-state index is -0.336. The van der Waals surface area contributed by atoms with Gasteiger partial charge in [0.15, 0.2) is 0 Å². The Kier molecular flexibility index (Phi) is 4.42. The summed E-state index contributed by atoms with van der Waals surface area (Å²) in [4.78, 5) is 27.2. The molecule has 1 N–H and O–H groups in total. The zero-order valence-electron chi connectivity index (χ0n) is 9.49. The number of hydrogen-bond acceptors (Lipinski definition) is 5. The molecule has 1 aromatic rings. The van der Waals surface area contributed by atoms with Crippen LogP contribution in [-0.4, -0.2) is 30.5 Å². The van der Waals surface area contributed by atoms with E-state index in [1.807, 2.05) is 6.92 Å². The number of nitrogens with zero attached hydrogens (tertiary/aromatic N) is 1. The van der Waals surface area contributed by atoms with E-state index < -0.39 is 0 Å². The maximum Gasteiger partial charge on any atom is 0.307 e. The lowest BCUT2D eigenvalue weighted by atomic mass is 10.3. The maximum absolute atomic E-state index is 11.7. The lowest BCUT2D eigenvalue weighted by Crippen LogP contribution is -2.26. The van der Waals surface area contributed by atoms with Gasteiger partial charge in [-0.3, -0.25) is 9.59 Å². The van der Waals surface area contributed by atoms with Gasteiger partial charge in [-0.25, -0.2) is 4.98 Å². The van der Waals surface area contributed by atoms with Crippen LogP contribution in [0.2, 0.25) is 0 Å². The lowest BCUT2D eigenvalue weighted by Gasteiger charge is -2.02. The minimum absolute atomic E-state index is 0.180. The molecule has 0 spiro atoms. The summed E-state index contributed by atoms with van der Waals surface area (Å²) in [6, 6.07) is 0. The van der Waals surface area contributed by atoms with E-state index in [2.05, 4.69) is 15.0 Å². The van der Waals surface area contributed by atoms with Gasteiger partial charge in [-0.2, -0.15) is 0 Å². The van der Waals surface area contributed by atoms with Crippen molar-refractivity contribution < 1.29 is 14.3 Å². The first kappa shape index (κ1) is 12.6. The van der Waals surface area contributed by atoms with E-state index >= 15 is 0 Å². The molecule has 88 valence electrons. The van der Waals surface area contributed by atoms with Gasteiger partial charge in [0, 0.05) is 6.54 Å². The predicted molar refractivity (Wildman–Crippen MR) is 60.6 cm³/mol. The molecule has 1 amide bonds. The van der Waals surface area contributed by atoms with Crippen LogP contribution in [0, 0.1) is 13.8 Å². The molecule has 0 atom stereocenters. The second kappa shape index (κ2) is 5.60. The summed E-state index contributed by atoms with van der Waals surface area (Å²) in [5.74, 6) is -0.524. The highest BCUT2D eigenvalue weighted by Crippen LogP contribution is 2.16. The molecule has 0 radical (unpaired) electrons. The summed E-state index contributed by atoms with van der Waals surface area (Å²) in [6.45, 7) is 3.92. The van der Waals surface area contributed by atoms with Crippen LogP contribution in [0.5, 0.6) is 0 Å². The molecular formula is C10H14N2O3S. The zero-order chi connectivity index (χ0) is 12.1. The average Bonchev–Trinajstić information content (AvgIpc) is 2.57. The van der Waals surface area contributed by atoms with Gasteiger partial charge in [0.2, 0.25) is 0 Å². The van der Waals surface area contributed by atoms with Crippen molar-refractivity contribution in [1.82, 2.24) is 10.3 Å². The first-order chi connectivity index (χ1) is 7.54. The normalized spacial score (nSPS) is 9.94. The number of rotatable bonds is 4. The molecule has 0 aromatic carbocycles. The standard InChI is InChI=1S/C10H14N2O3S/c1-6-9(16-7(2)12-6)10(14)11-5-4-8(13)15-3/h4-5H2,1-3H3,(H,11,14). The SMILES string of the molecule is COC(=O)CCNC(=O)c1sc(C)nc1C. The lowest BCUT2D eigenvalue weighted by molar-refractivity contribution is -0.140. The number of nitrogens with one attached hydrogen (secondary N) is 1. The quantitative estimate of drug-likeness (QED) is 0.801. The monoisotopic (exact) mass is 242 g/mol. The summed E-state index contributed by atoms with van der Waals surface area (Å²) < 4.78 is 4.47. The highest BCUT2D eigenvalue weighted by atomic mass is 32.1. The van der Waals surface area contributed by atoms with Gasteiger partial charge in [0.05, 0.1) is 24.2 Å². The van der Waals surface area contributed by atoms with E-state index in [-0.39, 0.29) is 24.8 Å². The minimum Gasteiger partial charge on any atom is -0.469 e. The third-order valence-electron chi connectivity index (χ3n) is 1.95. The predicted octanol–water partition coefficient (Wildman–Crippen LogP) is 1.05. The van der Waals surface area contributed by atoms with Crippen molar-refractivity contribution in [3.8, 4) is 0 Å². The molecule has 0 bridgehead atoms. The van der Waals surface area contributed by atoms with E-state index in [0.717, 1.165) is 10.7 Å². The fraction of sp³-hybridized carbons (Fsp3) is 0.500. The summed E-state index contributed by atoms with van der Waals surface area (Å²) in [6.07, 6.45) is 0.180. The molecule has 1 aromatic heterocycles. The van der Waals surface area contributed by atoms with Gasteiger partial charge in [-0.15, -0.1) is 11.3 Å². The maximum atomic E-state index is 11.7. The first-order valence-electron chi connectivity index (χ1n) is 4.83. The summed E-state index contributed by atoms with van der Waals surface area (Å²) in [7, 11) is 1.32. The van der Waals surface area contributed by atoms with Gasteiger partial charge in [-0.05, 0) is 13.8 Å². The van der Waals surface area contributed by atoms with Crippen molar-refractivity contribution in [2.24, 2.45) is 0 Å². The van der Waals surface area contributed by atoms with Crippen LogP contribution in [0.1, 0.15) is 26.8 Å². The number of thiazole rings is 1. The molecular weight excluding hydrogens is 228 g/mol. The second-order valence-electron chi connectivity index (χ2n) is 3.23. The van der Waals surface area contributed by atoms with Crippen molar-refractivity contribution in [2.75, 3.05) is 13.7 Å². The third kappa shape index (κ3) is 3.30. The number of aromatic nitrogens is 1. The largest absolute Gasteiger partial charge is 0.469 e. The number of hydrogen-bond donors (Lipinski definition) is 1. The van der Waals surface area contributed by atoms with E-state index in [0.29, 0.717) is 4.88 Å². The van der Waals surface area contributed by atoms with E-state index in [4.69, 9.17) is 0 Å². The number of carbonyl (C=O) groups excluding carboxylic acids is 2. The molecule has 0 saturated carbocycles. The van der Waals surface area contributed by atoms with Crippen LogP contribution in [0.25, 0.3) is 0 Å². The van der Waals surface area contributed by atoms with Crippen LogP contribution < -0.4 is 5.32 Å². The van der Waals surface area contributed by atoms with Crippen LogP contribution in [0.3, 0.4) is 0 Å². The van der Waals surface area contributed by atoms with Gasteiger partial charge >= 0.3 is 5.97 Å². The van der Waals surface area contributed by atoms with E-state index in [1.54, 1.807) is 6.92 Å². The first-order valence-corrected chi connectivity index (χ1v) is 5.65. The Morgan fingerprint density at radius 1 is 1.44 bits per heavy atom. The van der Waals surface area contributed by atoms with Crippen molar-refractivity contribution >= 4 is 23.2 Å². The van der Waals surface area contributed by atoms with Crippen LogP contribution >= 0.6 is 11.3 Å². The average molecular weight is 242 g/mol. The zero-order valence-corrected chi connectivity index (χ0v) is 10.3. The molecule has 6 heteroatoms. The van der Waals surface area contributed by atoms with Crippen molar-refractivity contribution in [3.05, 3.63) is 15.6 Å². The molecule has 0 aliphatic carbocycles. The molecule has 0 unspecified atom stereocenters. The number of carbonyl (C=O) groups is 2. The summed E-state index contributed by atoms with van der Waals surface area (Å²) in [5, 5.41) is 3.51. The Labute approximate surface area is 97.8 Å². The van der Waals surface area contributed by atoms with E-state index in [1.165, 1.54) is 18.4 Å². The molecule has 0 aliphatic heterocycles. The fourth-order valence-corrected chi connectivity index (χ4v) is 2.04. The number of methoxy groups -OCH3 is 1. The van der Waals surface area contributed by atoms with Crippen LogP contribution in [-0.2, 0) is 9.53 Å². The van der Waals surface area contributed by atoms with Crippen LogP contribution in [0.4, 0.5) is 0 Å². The highest BCUT2D eigenvalue weighted by Gasteiger charge is 2.13. The number of amides is 1. The molecule has 0 saturated heterocycles. The molecule has 16 heavy (non-hydrogen) atoms. The summed E-state index contributed by atoms with van der Waals surface area (Å²) in [5.41, 5.74) is 0.720. The van der Waals surface area contributed by atoms with Gasteiger partial charge in [-0.1, -0.05) is 0 Å². The Morgan fingerprint density at radius 3 is 2.62 bits per heavy atom. The highest BCUT2D eigenvalue weighted by molar-refractivity contribution is 7.13. The van der Waals surface area contributed by atoms with Crippen molar-refractivity contribution in [1.29, 1.82) is 0 Å².